The first-order valence-corrected chi connectivity index (χ1v) is 9.30. The highest BCUT2D eigenvalue weighted by atomic mass is 19.1. The van der Waals surface area contributed by atoms with E-state index >= 15 is 0 Å². The van der Waals surface area contributed by atoms with Crippen LogP contribution in [0.2, 0.25) is 0 Å². The molecule has 29 heavy (non-hydrogen) atoms. The maximum absolute atomic E-state index is 13.4. The molecule has 0 unspecified atom stereocenters. The number of hydrogen-bond acceptors (Lipinski definition) is 4. The van der Waals surface area contributed by atoms with Crippen LogP contribution in [0.1, 0.15) is 23.9 Å². The molecule has 8 nitrogen and oxygen atoms in total. The van der Waals surface area contributed by atoms with E-state index in [9.17, 15) is 14.0 Å². The maximum Gasteiger partial charge on any atom is 0.332 e. The molecule has 0 bridgehead atoms. The molecule has 1 aromatic carbocycles. The van der Waals surface area contributed by atoms with Crippen LogP contribution in [0.15, 0.2) is 39.9 Å². The molecule has 150 valence electrons. The number of halogens is 1. The second kappa shape index (κ2) is 6.84. The van der Waals surface area contributed by atoms with Gasteiger partial charge in [0.1, 0.15) is 5.82 Å². The molecule has 0 aliphatic rings. The van der Waals surface area contributed by atoms with Crippen LogP contribution in [0.4, 0.5) is 4.39 Å². The minimum atomic E-state index is -0.420. The molecule has 4 aromatic rings. The third-order valence-electron chi connectivity index (χ3n) is 4.98. The molecule has 3 aromatic heterocycles. The first-order valence-electron chi connectivity index (χ1n) is 9.30. The molecule has 0 radical (unpaired) electrons. The molecule has 9 heteroatoms. The molecular formula is C20H21FN6O2. The molecule has 0 fully saturated rings. The predicted molar refractivity (Wildman–Crippen MR) is 107 cm³/mol. The Morgan fingerprint density at radius 2 is 1.76 bits per heavy atom. The van der Waals surface area contributed by atoms with Crippen molar-refractivity contribution in [2.75, 3.05) is 0 Å². The Hall–Kier alpha value is -3.49. The fourth-order valence-corrected chi connectivity index (χ4v) is 3.55. The summed E-state index contributed by atoms with van der Waals surface area (Å²) in [6, 6.07) is 7.97. The van der Waals surface area contributed by atoms with Crippen molar-refractivity contribution in [1.29, 1.82) is 0 Å². The van der Waals surface area contributed by atoms with Gasteiger partial charge in [-0.15, -0.1) is 0 Å². The topological polar surface area (TPSA) is 79.6 Å². The van der Waals surface area contributed by atoms with E-state index in [4.69, 9.17) is 0 Å². The van der Waals surface area contributed by atoms with Gasteiger partial charge in [0.15, 0.2) is 11.2 Å². The minimum Gasteiger partial charge on any atom is -0.298 e. The molecular weight excluding hydrogens is 375 g/mol. The molecule has 0 amide bonds. The second-order valence-corrected chi connectivity index (χ2v) is 7.03. The summed E-state index contributed by atoms with van der Waals surface area (Å²) in [5, 5.41) is 4.49. The van der Waals surface area contributed by atoms with Gasteiger partial charge in [-0.05, 0) is 44.5 Å². The minimum absolute atomic E-state index is 0.248. The standard InChI is InChI=1S/C20H21FN6O2/c1-5-25-18(28)16-17(24(4)20(25)29)22-19(27-13(3)10-12(2)23-27)26(16)11-14-6-8-15(21)9-7-14/h6-10H,5,11H2,1-4H3. The molecule has 0 aliphatic heterocycles. The van der Waals surface area contributed by atoms with Gasteiger partial charge in [0.05, 0.1) is 12.2 Å². The van der Waals surface area contributed by atoms with Crippen molar-refractivity contribution in [1.82, 2.24) is 28.5 Å². The first-order chi connectivity index (χ1) is 13.8. The zero-order valence-electron chi connectivity index (χ0n) is 16.7. The lowest BCUT2D eigenvalue weighted by Crippen LogP contribution is -2.39. The predicted octanol–water partition coefficient (Wildman–Crippen LogP) is 1.91. The van der Waals surface area contributed by atoms with Crippen LogP contribution in [0.5, 0.6) is 0 Å². The summed E-state index contributed by atoms with van der Waals surface area (Å²) in [6.45, 7) is 6.04. The summed E-state index contributed by atoms with van der Waals surface area (Å²) in [6.07, 6.45) is 0. The first kappa shape index (κ1) is 18.9. The summed E-state index contributed by atoms with van der Waals surface area (Å²) >= 11 is 0. The van der Waals surface area contributed by atoms with Crippen LogP contribution in [0, 0.1) is 19.7 Å². The lowest BCUT2D eigenvalue weighted by molar-refractivity contribution is 0.625. The summed E-state index contributed by atoms with van der Waals surface area (Å²) < 4.78 is 19.3. The van der Waals surface area contributed by atoms with E-state index in [1.807, 2.05) is 19.9 Å². The van der Waals surface area contributed by atoms with Crippen molar-refractivity contribution < 1.29 is 4.39 Å². The summed E-state index contributed by atoms with van der Waals surface area (Å²) in [5.74, 6) is 0.0922. The lowest BCUT2D eigenvalue weighted by atomic mass is 10.2. The Kier molecular flexibility index (Phi) is 4.45. The molecule has 0 saturated carbocycles. The highest BCUT2D eigenvalue weighted by Crippen LogP contribution is 2.19. The number of hydrogen-bond donors (Lipinski definition) is 0. The van der Waals surface area contributed by atoms with Crippen LogP contribution < -0.4 is 11.2 Å². The largest absolute Gasteiger partial charge is 0.332 e. The number of rotatable bonds is 4. The van der Waals surface area contributed by atoms with Gasteiger partial charge in [-0.25, -0.2) is 13.9 Å². The van der Waals surface area contributed by atoms with Crippen molar-refractivity contribution in [3.63, 3.8) is 0 Å². The Labute approximate surface area is 165 Å². The SMILES string of the molecule is CCn1c(=O)c2c(nc(-n3nc(C)cc3C)n2Cc2ccc(F)cc2)n(C)c1=O. The third kappa shape index (κ3) is 2.98. The Morgan fingerprint density at radius 1 is 1.07 bits per heavy atom. The summed E-state index contributed by atoms with van der Waals surface area (Å²) in [4.78, 5) is 30.3. The van der Waals surface area contributed by atoms with Crippen LogP contribution in [0.3, 0.4) is 0 Å². The second-order valence-electron chi connectivity index (χ2n) is 7.03. The number of aryl methyl sites for hydroxylation is 3. The molecule has 0 aliphatic carbocycles. The highest BCUT2D eigenvalue weighted by molar-refractivity contribution is 5.73. The zero-order chi connectivity index (χ0) is 20.9. The number of aromatic nitrogens is 6. The number of imidazole rings is 1. The van der Waals surface area contributed by atoms with Gasteiger partial charge in [-0.1, -0.05) is 12.1 Å². The van der Waals surface area contributed by atoms with Crippen molar-refractivity contribution in [2.45, 2.75) is 33.9 Å². The van der Waals surface area contributed by atoms with E-state index in [1.165, 1.54) is 21.3 Å². The van der Waals surface area contributed by atoms with Crippen LogP contribution >= 0.6 is 0 Å². The zero-order valence-corrected chi connectivity index (χ0v) is 16.7. The van der Waals surface area contributed by atoms with Gasteiger partial charge in [-0.3, -0.25) is 18.5 Å². The van der Waals surface area contributed by atoms with Crippen molar-refractivity contribution >= 4 is 11.2 Å². The van der Waals surface area contributed by atoms with Gasteiger partial charge in [0, 0.05) is 19.3 Å². The van der Waals surface area contributed by atoms with Gasteiger partial charge in [-0.2, -0.15) is 10.1 Å². The average molecular weight is 396 g/mol. The van der Waals surface area contributed by atoms with Crippen molar-refractivity contribution in [3.05, 3.63) is 73.9 Å². The van der Waals surface area contributed by atoms with Crippen LogP contribution in [-0.2, 0) is 20.1 Å². The van der Waals surface area contributed by atoms with E-state index in [1.54, 1.807) is 35.4 Å². The van der Waals surface area contributed by atoms with E-state index in [0.29, 0.717) is 11.5 Å². The highest BCUT2D eigenvalue weighted by Gasteiger charge is 2.22. The average Bonchev–Trinajstić information content (AvgIpc) is 3.22. The van der Waals surface area contributed by atoms with E-state index < -0.39 is 11.2 Å². The lowest BCUT2D eigenvalue weighted by Gasteiger charge is -2.11. The number of fused-ring (bicyclic) bond motifs is 1. The maximum atomic E-state index is 13.4. The molecule has 0 atom stereocenters. The molecule has 0 saturated heterocycles. The Balaban J connectivity index is 2.08. The smallest absolute Gasteiger partial charge is 0.298 e. The van der Waals surface area contributed by atoms with E-state index in [2.05, 4.69) is 10.1 Å². The van der Waals surface area contributed by atoms with Crippen molar-refractivity contribution in [2.24, 2.45) is 7.05 Å². The fraction of sp³-hybridized carbons (Fsp3) is 0.300. The molecule has 0 spiro atoms. The van der Waals surface area contributed by atoms with Gasteiger partial charge < -0.3 is 0 Å². The summed E-state index contributed by atoms with van der Waals surface area (Å²) in [7, 11) is 1.59. The van der Waals surface area contributed by atoms with Crippen LogP contribution in [-0.4, -0.2) is 28.5 Å². The van der Waals surface area contributed by atoms with Crippen LogP contribution in [0.25, 0.3) is 17.1 Å². The quantitative estimate of drug-likeness (QED) is 0.528. The fourth-order valence-electron chi connectivity index (χ4n) is 3.55. The summed E-state index contributed by atoms with van der Waals surface area (Å²) in [5.41, 5.74) is 2.21. The van der Waals surface area contributed by atoms with E-state index in [0.717, 1.165) is 17.0 Å². The van der Waals surface area contributed by atoms with Crippen molar-refractivity contribution in [3.8, 4) is 5.95 Å². The van der Waals surface area contributed by atoms with Gasteiger partial charge in [0.25, 0.3) is 5.56 Å². The number of benzene rings is 1. The normalized spacial score (nSPS) is 11.5. The monoisotopic (exact) mass is 396 g/mol. The molecule has 4 rings (SSSR count). The molecule has 3 heterocycles. The Bertz CT molecular complexity index is 1340. The van der Waals surface area contributed by atoms with Gasteiger partial charge in [0.2, 0.25) is 5.95 Å². The number of nitrogens with zero attached hydrogens (tertiary/aromatic N) is 6. The Morgan fingerprint density at radius 3 is 2.34 bits per heavy atom. The van der Waals surface area contributed by atoms with Gasteiger partial charge >= 0.3 is 5.69 Å². The third-order valence-corrected chi connectivity index (χ3v) is 4.98. The van der Waals surface area contributed by atoms with E-state index in [-0.39, 0.29) is 24.6 Å². The molecule has 0 N–H and O–H groups in total.